The molecule has 0 amide bonds. The molecule has 2 aromatic rings. The lowest BCUT2D eigenvalue weighted by atomic mass is 10.2. The van der Waals surface area contributed by atoms with E-state index in [1.807, 2.05) is 18.2 Å². The zero-order valence-corrected chi connectivity index (χ0v) is 9.94. The summed E-state index contributed by atoms with van der Waals surface area (Å²) in [5, 5.41) is 3.34. The number of nitrogens with zero attached hydrogens (tertiary/aromatic N) is 1. The molecule has 1 aromatic heterocycles. The van der Waals surface area contributed by atoms with Crippen LogP contribution in [0.3, 0.4) is 0 Å². The summed E-state index contributed by atoms with van der Waals surface area (Å²) in [4.78, 5) is 4.39. The first-order chi connectivity index (χ1) is 8.26. The van der Waals surface area contributed by atoms with Crippen LogP contribution in [0.1, 0.15) is 26.2 Å². The van der Waals surface area contributed by atoms with E-state index >= 15 is 0 Å². The molecule has 4 heteroatoms. The van der Waals surface area contributed by atoms with Gasteiger partial charge in [0, 0.05) is 11.7 Å². The number of rotatable bonds is 4. The molecule has 2 atom stereocenters. The van der Waals surface area contributed by atoms with Crippen LogP contribution in [0.5, 0.6) is 0 Å². The van der Waals surface area contributed by atoms with Gasteiger partial charge >= 0.3 is 0 Å². The lowest BCUT2D eigenvalue weighted by Crippen LogP contribution is -2.04. The van der Waals surface area contributed by atoms with Crippen LogP contribution in [-0.4, -0.2) is 11.0 Å². The van der Waals surface area contributed by atoms with Crippen LogP contribution in [0.2, 0.25) is 0 Å². The summed E-state index contributed by atoms with van der Waals surface area (Å²) in [6.45, 7) is 2.22. The van der Waals surface area contributed by atoms with Crippen molar-refractivity contribution in [3.8, 4) is 0 Å². The van der Waals surface area contributed by atoms with E-state index < -0.39 is 0 Å². The van der Waals surface area contributed by atoms with E-state index in [9.17, 15) is 0 Å². The molecule has 0 spiro atoms. The Labute approximate surface area is 100 Å². The maximum Gasteiger partial charge on any atom is 0.295 e. The van der Waals surface area contributed by atoms with Crippen molar-refractivity contribution < 1.29 is 4.42 Å². The Bertz CT molecular complexity index is 534. The average molecular weight is 231 g/mol. The van der Waals surface area contributed by atoms with Crippen molar-refractivity contribution in [3.05, 3.63) is 18.2 Å². The Morgan fingerprint density at radius 2 is 2.41 bits per heavy atom. The third-order valence-electron chi connectivity index (χ3n) is 3.30. The highest BCUT2D eigenvalue weighted by Crippen LogP contribution is 2.37. The van der Waals surface area contributed by atoms with Gasteiger partial charge in [-0.1, -0.05) is 13.3 Å². The van der Waals surface area contributed by atoms with E-state index in [4.69, 9.17) is 10.2 Å². The molecule has 1 saturated carbocycles. The highest BCUT2D eigenvalue weighted by molar-refractivity contribution is 5.78. The van der Waals surface area contributed by atoms with Crippen LogP contribution in [0.25, 0.3) is 11.1 Å². The Balaban J connectivity index is 1.74. The van der Waals surface area contributed by atoms with E-state index in [1.165, 1.54) is 19.3 Å². The highest BCUT2D eigenvalue weighted by Gasteiger charge is 2.36. The van der Waals surface area contributed by atoms with Gasteiger partial charge in [-0.05, 0) is 37.0 Å². The zero-order valence-electron chi connectivity index (χ0n) is 9.94. The smallest absolute Gasteiger partial charge is 0.295 e. The fraction of sp³-hybridized carbons (Fsp3) is 0.462. The minimum atomic E-state index is 0.542. The number of hydrogen-bond donors (Lipinski definition) is 2. The highest BCUT2D eigenvalue weighted by atomic mass is 16.4. The molecule has 3 rings (SSSR count). The summed E-state index contributed by atoms with van der Waals surface area (Å²) in [5.74, 6) is 0.792. The molecule has 90 valence electrons. The van der Waals surface area contributed by atoms with Crippen molar-refractivity contribution in [1.29, 1.82) is 0 Å². The van der Waals surface area contributed by atoms with Crippen molar-refractivity contribution in [2.24, 2.45) is 5.92 Å². The van der Waals surface area contributed by atoms with E-state index in [-0.39, 0.29) is 0 Å². The van der Waals surface area contributed by atoms with Gasteiger partial charge in [-0.3, -0.25) is 0 Å². The first-order valence-electron chi connectivity index (χ1n) is 6.19. The molecule has 1 aliphatic carbocycles. The van der Waals surface area contributed by atoms with E-state index in [2.05, 4.69) is 17.2 Å². The number of anilines is 2. The Kier molecular flexibility index (Phi) is 2.42. The molecule has 0 radical (unpaired) electrons. The number of hydrogen-bond acceptors (Lipinski definition) is 4. The van der Waals surface area contributed by atoms with Gasteiger partial charge in [0.15, 0.2) is 5.58 Å². The molecule has 1 heterocycles. The summed E-state index contributed by atoms with van der Waals surface area (Å²) in [6.07, 6.45) is 3.76. The van der Waals surface area contributed by atoms with Crippen molar-refractivity contribution in [2.45, 2.75) is 32.2 Å². The minimum absolute atomic E-state index is 0.542. The van der Waals surface area contributed by atoms with Crippen LogP contribution in [0, 0.1) is 5.92 Å². The quantitative estimate of drug-likeness (QED) is 0.794. The van der Waals surface area contributed by atoms with Crippen LogP contribution in [0.4, 0.5) is 11.7 Å². The molecule has 0 bridgehead atoms. The lowest BCUT2D eigenvalue weighted by Gasteiger charge is -1.98. The van der Waals surface area contributed by atoms with Crippen molar-refractivity contribution in [1.82, 2.24) is 4.98 Å². The number of nitrogen functional groups attached to an aromatic ring is 1. The predicted octanol–water partition coefficient (Wildman–Crippen LogP) is 3.01. The molecule has 2 unspecified atom stereocenters. The van der Waals surface area contributed by atoms with E-state index in [0.29, 0.717) is 17.7 Å². The van der Waals surface area contributed by atoms with Gasteiger partial charge in [0.2, 0.25) is 0 Å². The third kappa shape index (κ3) is 2.07. The van der Waals surface area contributed by atoms with Gasteiger partial charge in [-0.25, -0.2) is 0 Å². The number of nitrogens with one attached hydrogen (secondary N) is 1. The molecule has 0 saturated heterocycles. The van der Waals surface area contributed by atoms with Crippen LogP contribution < -0.4 is 11.1 Å². The molecule has 1 aliphatic rings. The average Bonchev–Trinajstić information content (AvgIpc) is 2.88. The normalized spacial score (nSPS) is 22.9. The topological polar surface area (TPSA) is 64.1 Å². The minimum Gasteiger partial charge on any atom is -0.424 e. The van der Waals surface area contributed by atoms with E-state index in [0.717, 1.165) is 17.0 Å². The predicted molar refractivity (Wildman–Crippen MR) is 68.8 cm³/mol. The fourth-order valence-corrected chi connectivity index (χ4v) is 2.28. The van der Waals surface area contributed by atoms with Gasteiger partial charge in [0.1, 0.15) is 5.52 Å². The second-order valence-electron chi connectivity index (χ2n) is 4.78. The second-order valence-corrected chi connectivity index (χ2v) is 4.78. The summed E-state index contributed by atoms with van der Waals surface area (Å²) in [6, 6.07) is 6.68. The summed E-state index contributed by atoms with van der Waals surface area (Å²) in [5.41, 5.74) is 8.03. The molecule has 17 heavy (non-hydrogen) atoms. The number of benzene rings is 1. The van der Waals surface area contributed by atoms with Gasteiger partial charge in [-0.2, -0.15) is 4.98 Å². The van der Waals surface area contributed by atoms with Gasteiger partial charge in [0.25, 0.3) is 6.01 Å². The molecular formula is C13H17N3O. The number of fused-ring (bicyclic) bond motifs is 1. The van der Waals surface area contributed by atoms with Crippen molar-refractivity contribution in [2.75, 3.05) is 11.1 Å². The second kappa shape index (κ2) is 3.95. The number of nitrogens with two attached hydrogens (primary N) is 1. The Morgan fingerprint density at radius 1 is 1.53 bits per heavy atom. The largest absolute Gasteiger partial charge is 0.424 e. The maximum absolute atomic E-state index is 5.71. The first-order valence-corrected chi connectivity index (χ1v) is 6.19. The SMILES string of the molecule is CCCC1CC1Nc1nc2cc(N)ccc2o1. The molecule has 1 fully saturated rings. The van der Waals surface area contributed by atoms with Crippen LogP contribution in [-0.2, 0) is 0 Å². The van der Waals surface area contributed by atoms with Crippen LogP contribution in [0.15, 0.2) is 22.6 Å². The monoisotopic (exact) mass is 231 g/mol. The molecule has 4 nitrogen and oxygen atoms in total. The Hall–Kier alpha value is -1.71. The molecular weight excluding hydrogens is 214 g/mol. The molecule has 1 aromatic carbocycles. The molecule has 3 N–H and O–H groups in total. The zero-order chi connectivity index (χ0) is 11.8. The van der Waals surface area contributed by atoms with Gasteiger partial charge in [0.05, 0.1) is 0 Å². The Morgan fingerprint density at radius 3 is 3.24 bits per heavy atom. The van der Waals surface area contributed by atoms with Gasteiger partial charge in [-0.15, -0.1) is 0 Å². The third-order valence-corrected chi connectivity index (χ3v) is 3.30. The summed E-state index contributed by atoms with van der Waals surface area (Å²) in [7, 11) is 0. The van der Waals surface area contributed by atoms with Crippen LogP contribution >= 0.6 is 0 Å². The summed E-state index contributed by atoms with van der Waals surface area (Å²) >= 11 is 0. The van der Waals surface area contributed by atoms with Crippen molar-refractivity contribution >= 4 is 22.8 Å². The van der Waals surface area contributed by atoms with E-state index in [1.54, 1.807) is 0 Å². The first kappa shape index (κ1) is 10.4. The maximum atomic E-state index is 5.71. The number of aromatic nitrogens is 1. The molecule has 0 aliphatic heterocycles. The fourth-order valence-electron chi connectivity index (χ4n) is 2.28. The lowest BCUT2D eigenvalue weighted by molar-refractivity contribution is 0.606. The summed E-state index contributed by atoms with van der Waals surface area (Å²) < 4.78 is 5.62. The number of oxazole rings is 1. The van der Waals surface area contributed by atoms with Crippen molar-refractivity contribution in [3.63, 3.8) is 0 Å². The standard InChI is InChI=1S/C13H17N3O/c1-2-3-8-6-10(8)15-13-16-11-7-9(14)4-5-12(11)17-13/h4-5,7-8,10H,2-3,6,14H2,1H3,(H,15,16). The van der Waals surface area contributed by atoms with Gasteiger partial charge < -0.3 is 15.5 Å².